The molecule has 6 heteroatoms. The van der Waals surface area contributed by atoms with Crippen molar-refractivity contribution in [1.29, 1.82) is 0 Å². The summed E-state index contributed by atoms with van der Waals surface area (Å²) in [7, 11) is 0. The number of rotatable bonds is 3. The van der Waals surface area contributed by atoms with Gasteiger partial charge in [-0.2, -0.15) is 0 Å². The van der Waals surface area contributed by atoms with Crippen molar-refractivity contribution >= 4 is 5.69 Å². The Morgan fingerprint density at radius 1 is 0.737 bits per heavy atom. The number of hydrogen-bond donors (Lipinski definition) is 1. The molecule has 0 aromatic heterocycles. The van der Waals surface area contributed by atoms with Gasteiger partial charge in [0.15, 0.2) is 11.6 Å². The third-order valence-corrected chi connectivity index (χ3v) is 2.53. The van der Waals surface area contributed by atoms with Gasteiger partial charge < -0.3 is 5.32 Å². The third-order valence-electron chi connectivity index (χ3n) is 2.53. The van der Waals surface area contributed by atoms with E-state index in [2.05, 4.69) is 5.32 Å². The molecule has 1 N–H and O–H groups in total. The van der Waals surface area contributed by atoms with Gasteiger partial charge in [-0.1, -0.05) is 6.07 Å². The lowest BCUT2D eigenvalue weighted by molar-refractivity contribution is 0.496. The molecule has 0 aliphatic carbocycles. The molecule has 0 spiro atoms. The van der Waals surface area contributed by atoms with Crippen LogP contribution in [0, 0.1) is 29.1 Å². The van der Waals surface area contributed by atoms with E-state index in [0.29, 0.717) is 12.1 Å². The minimum atomic E-state index is -1.33. The molecule has 100 valence electrons. The maximum absolute atomic E-state index is 13.3. The Morgan fingerprint density at radius 2 is 1.32 bits per heavy atom. The highest BCUT2D eigenvalue weighted by atomic mass is 19.2. The van der Waals surface area contributed by atoms with E-state index < -0.39 is 29.1 Å². The van der Waals surface area contributed by atoms with E-state index >= 15 is 0 Å². The molecule has 0 bridgehead atoms. The van der Waals surface area contributed by atoms with Gasteiger partial charge in [-0.15, -0.1) is 0 Å². The summed E-state index contributed by atoms with van der Waals surface area (Å²) < 4.78 is 65.5. The second-order valence-electron chi connectivity index (χ2n) is 3.80. The standard InChI is InChI=1S/C13H8F5N/c14-8-2-1-3-9(15)7(8)6-19-13-5-11(17)10(16)4-12(13)18/h1-5,19H,6H2. The second kappa shape index (κ2) is 5.26. The van der Waals surface area contributed by atoms with Gasteiger partial charge in [0, 0.05) is 24.2 Å². The molecule has 0 saturated heterocycles. The lowest BCUT2D eigenvalue weighted by Gasteiger charge is -2.09. The van der Waals surface area contributed by atoms with E-state index in [0.717, 1.165) is 12.1 Å². The summed E-state index contributed by atoms with van der Waals surface area (Å²) in [6.45, 7) is -0.388. The molecule has 2 rings (SSSR count). The van der Waals surface area contributed by atoms with Crippen molar-refractivity contribution in [3.63, 3.8) is 0 Å². The van der Waals surface area contributed by atoms with E-state index in [1.54, 1.807) is 0 Å². The number of hydrogen-bond acceptors (Lipinski definition) is 1. The maximum Gasteiger partial charge on any atom is 0.161 e. The zero-order valence-electron chi connectivity index (χ0n) is 9.48. The first-order chi connectivity index (χ1) is 8.99. The summed E-state index contributed by atoms with van der Waals surface area (Å²) in [5.74, 6) is -5.25. The van der Waals surface area contributed by atoms with Crippen molar-refractivity contribution < 1.29 is 22.0 Å². The van der Waals surface area contributed by atoms with Crippen LogP contribution in [0.5, 0.6) is 0 Å². The number of anilines is 1. The van der Waals surface area contributed by atoms with Crippen LogP contribution in [0.15, 0.2) is 30.3 Å². The molecule has 0 fully saturated rings. The molecule has 2 aromatic carbocycles. The average Bonchev–Trinajstić information content (AvgIpc) is 2.34. The fraction of sp³-hybridized carbons (Fsp3) is 0.0769. The fourth-order valence-electron chi connectivity index (χ4n) is 1.54. The van der Waals surface area contributed by atoms with Crippen LogP contribution in [0.1, 0.15) is 5.56 Å². The van der Waals surface area contributed by atoms with E-state index in [9.17, 15) is 22.0 Å². The third kappa shape index (κ3) is 2.83. The summed E-state index contributed by atoms with van der Waals surface area (Å²) in [6, 6.07) is 4.22. The van der Waals surface area contributed by atoms with Gasteiger partial charge in [0.1, 0.15) is 17.5 Å². The Morgan fingerprint density at radius 3 is 1.95 bits per heavy atom. The van der Waals surface area contributed by atoms with Crippen molar-refractivity contribution in [3.8, 4) is 0 Å². The predicted molar refractivity (Wildman–Crippen MR) is 60.0 cm³/mol. The van der Waals surface area contributed by atoms with Crippen molar-refractivity contribution in [1.82, 2.24) is 0 Å². The second-order valence-corrected chi connectivity index (χ2v) is 3.80. The van der Waals surface area contributed by atoms with Gasteiger partial charge in [0.05, 0.1) is 5.69 Å². The van der Waals surface area contributed by atoms with E-state index in [1.165, 1.54) is 6.07 Å². The van der Waals surface area contributed by atoms with Gasteiger partial charge >= 0.3 is 0 Å². The summed E-state index contributed by atoms with van der Waals surface area (Å²) in [5.41, 5.74) is -0.687. The summed E-state index contributed by atoms with van der Waals surface area (Å²) in [4.78, 5) is 0. The summed E-state index contributed by atoms with van der Waals surface area (Å²) in [5, 5.41) is 2.32. The van der Waals surface area contributed by atoms with Gasteiger partial charge in [-0.25, -0.2) is 22.0 Å². The predicted octanol–water partition coefficient (Wildman–Crippen LogP) is 3.99. The Labute approximate surface area is 105 Å². The average molecular weight is 273 g/mol. The lowest BCUT2D eigenvalue weighted by atomic mass is 10.2. The highest BCUT2D eigenvalue weighted by molar-refractivity contribution is 5.46. The lowest BCUT2D eigenvalue weighted by Crippen LogP contribution is -2.06. The molecule has 1 nitrogen and oxygen atoms in total. The molecule has 0 aliphatic heterocycles. The van der Waals surface area contributed by atoms with Crippen molar-refractivity contribution in [2.45, 2.75) is 6.54 Å². The molecule has 19 heavy (non-hydrogen) atoms. The molecular weight excluding hydrogens is 265 g/mol. The van der Waals surface area contributed by atoms with Crippen molar-refractivity contribution in [2.75, 3.05) is 5.32 Å². The minimum absolute atomic E-state index is 0.313. The normalized spacial score (nSPS) is 10.6. The SMILES string of the molecule is Fc1cc(F)c(NCc2c(F)cccc2F)cc1F. The van der Waals surface area contributed by atoms with Crippen LogP contribution in [-0.4, -0.2) is 0 Å². The Hall–Kier alpha value is -2.11. The zero-order chi connectivity index (χ0) is 14.0. The highest BCUT2D eigenvalue weighted by Crippen LogP contribution is 2.20. The minimum Gasteiger partial charge on any atom is -0.378 e. The largest absolute Gasteiger partial charge is 0.378 e. The first kappa shape index (κ1) is 13.3. The molecular formula is C13H8F5N. The first-order valence-electron chi connectivity index (χ1n) is 5.30. The number of benzene rings is 2. The van der Waals surface area contributed by atoms with Crippen LogP contribution in [0.2, 0.25) is 0 Å². The molecule has 0 unspecified atom stereocenters. The van der Waals surface area contributed by atoms with E-state index in [1.807, 2.05) is 0 Å². The van der Waals surface area contributed by atoms with Gasteiger partial charge in [-0.05, 0) is 12.1 Å². The quantitative estimate of drug-likeness (QED) is 0.658. The number of halogens is 5. The van der Waals surface area contributed by atoms with Crippen LogP contribution in [0.3, 0.4) is 0 Å². The fourth-order valence-corrected chi connectivity index (χ4v) is 1.54. The smallest absolute Gasteiger partial charge is 0.161 e. The van der Waals surface area contributed by atoms with E-state index in [-0.39, 0.29) is 17.8 Å². The van der Waals surface area contributed by atoms with Crippen LogP contribution in [0.25, 0.3) is 0 Å². The van der Waals surface area contributed by atoms with E-state index in [4.69, 9.17) is 0 Å². The molecule has 2 aromatic rings. The zero-order valence-corrected chi connectivity index (χ0v) is 9.48. The summed E-state index contributed by atoms with van der Waals surface area (Å²) >= 11 is 0. The van der Waals surface area contributed by atoms with Gasteiger partial charge in [0.2, 0.25) is 0 Å². The van der Waals surface area contributed by atoms with Crippen LogP contribution in [0.4, 0.5) is 27.6 Å². The highest BCUT2D eigenvalue weighted by Gasteiger charge is 2.12. The van der Waals surface area contributed by atoms with Crippen LogP contribution >= 0.6 is 0 Å². The van der Waals surface area contributed by atoms with Gasteiger partial charge in [-0.3, -0.25) is 0 Å². The van der Waals surface area contributed by atoms with Gasteiger partial charge in [0.25, 0.3) is 0 Å². The summed E-state index contributed by atoms with van der Waals surface area (Å²) in [6.07, 6.45) is 0. The maximum atomic E-state index is 13.3. The molecule has 0 amide bonds. The molecule has 0 saturated carbocycles. The molecule has 0 radical (unpaired) electrons. The Kier molecular flexibility index (Phi) is 3.69. The molecule has 0 atom stereocenters. The van der Waals surface area contributed by atoms with Crippen molar-refractivity contribution in [3.05, 3.63) is 65.0 Å². The Bertz CT molecular complexity index is 592. The number of nitrogens with one attached hydrogen (secondary N) is 1. The monoisotopic (exact) mass is 273 g/mol. The molecule has 0 aliphatic rings. The topological polar surface area (TPSA) is 12.0 Å². The van der Waals surface area contributed by atoms with Crippen molar-refractivity contribution in [2.24, 2.45) is 0 Å². The first-order valence-corrected chi connectivity index (χ1v) is 5.30. The van der Waals surface area contributed by atoms with Crippen LogP contribution in [-0.2, 0) is 6.54 Å². The Balaban J connectivity index is 2.22. The molecule has 0 heterocycles. The van der Waals surface area contributed by atoms with Crippen LogP contribution < -0.4 is 5.32 Å².